The number of hydrogen-bond acceptors (Lipinski definition) is 4. The molecule has 1 aromatic carbocycles. The van der Waals surface area contributed by atoms with Gasteiger partial charge in [-0.15, -0.1) is 8.78 Å². The van der Waals surface area contributed by atoms with Crippen molar-refractivity contribution in [2.75, 3.05) is 18.5 Å². The first-order valence-corrected chi connectivity index (χ1v) is 6.88. The molecule has 20 heavy (non-hydrogen) atoms. The Morgan fingerprint density at radius 2 is 2.10 bits per heavy atom. The monoisotopic (exact) mass is 285 g/mol. The highest BCUT2D eigenvalue weighted by molar-refractivity contribution is 5.55. The predicted octanol–water partition coefficient (Wildman–Crippen LogP) is 3.38. The highest BCUT2D eigenvalue weighted by Crippen LogP contribution is 2.42. The minimum atomic E-state index is -3.55. The summed E-state index contributed by atoms with van der Waals surface area (Å²) in [7, 11) is 0. The number of hydrogen-bond donors (Lipinski definition) is 1. The first kappa shape index (κ1) is 13.4. The Kier molecular flexibility index (Phi) is 3.65. The van der Waals surface area contributed by atoms with Gasteiger partial charge in [0, 0.05) is 24.9 Å². The summed E-state index contributed by atoms with van der Waals surface area (Å²) in [6.45, 7) is 1.64. The first-order valence-electron chi connectivity index (χ1n) is 6.88. The molecule has 2 aliphatic rings. The minimum Gasteiger partial charge on any atom is -0.395 e. The van der Waals surface area contributed by atoms with Crippen molar-refractivity contribution in [3.8, 4) is 11.5 Å². The highest BCUT2D eigenvalue weighted by atomic mass is 19.3. The Morgan fingerprint density at radius 1 is 1.25 bits per heavy atom. The quantitative estimate of drug-likeness (QED) is 0.842. The van der Waals surface area contributed by atoms with Gasteiger partial charge in [0.25, 0.3) is 0 Å². The Bertz CT molecular complexity index is 475. The number of fused-ring (bicyclic) bond motifs is 1. The average Bonchev–Trinajstić information content (AvgIpc) is 2.99. The lowest BCUT2D eigenvalue weighted by Crippen LogP contribution is -2.25. The second-order valence-corrected chi connectivity index (χ2v) is 5.03. The Balaban J connectivity index is 1.47. The molecule has 0 spiro atoms. The maximum atomic E-state index is 12.9. The van der Waals surface area contributed by atoms with Crippen molar-refractivity contribution in [3.63, 3.8) is 0 Å². The molecule has 4 nitrogen and oxygen atoms in total. The van der Waals surface area contributed by atoms with Crippen LogP contribution in [0, 0.1) is 0 Å². The molecule has 6 heteroatoms. The van der Waals surface area contributed by atoms with Crippen molar-refractivity contribution in [1.82, 2.24) is 0 Å². The van der Waals surface area contributed by atoms with Crippen LogP contribution in [0.25, 0.3) is 0 Å². The number of rotatable bonds is 5. The molecule has 0 amide bonds. The van der Waals surface area contributed by atoms with Gasteiger partial charge in [-0.25, -0.2) is 0 Å². The standard InChI is InChI=1S/C14H17F2NO3/c15-14(16)19-12-6-5-10(9-13(12)20-14)17-7-1-3-11-4-2-8-18-11/h5-6,9,11,17H,1-4,7-8H2. The van der Waals surface area contributed by atoms with Gasteiger partial charge >= 0.3 is 6.29 Å². The summed E-state index contributed by atoms with van der Waals surface area (Å²) in [5.41, 5.74) is 0.748. The van der Waals surface area contributed by atoms with Crippen LogP contribution in [0.1, 0.15) is 25.7 Å². The number of alkyl halides is 2. The molecule has 0 bridgehead atoms. The molecular formula is C14H17F2NO3. The zero-order valence-corrected chi connectivity index (χ0v) is 11.0. The van der Waals surface area contributed by atoms with Gasteiger partial charge in [0.15, 0.2) is 11.5 Å². The van der Waals surface area contributed by atoms with E-state index in [9.17, 15) is 8.78 Å². The molecule has 1 atom stereocenters. The molecule has 1 aromatic rings. The first-order chi connectivity index (χ1) is 9.62. The van der Waals surface area contributed by atoms with Gasteiger partial charge in [-0.2, -0.15) is 0 Å². The molecule has 0 aromatic heterocycles. The van der Waals surface area contributed by atoms with Crippen molar-refractivity contribution in [2.24, 2.45) is 0 Å². The van der Waals surface area contributed by atoms with E-state index >= 15 is 0 Å². The number of nitrogens with one attached hydrogen (secondary N) is 1. The maximum absolute atomic E-state index is 12.9. The fraction of sp³-hybridized carbons (Fsp3) is 0.571. The summed E-state index contributed by atoms with van der Waals surface area (Å²) >= 11 is 0. The van der Waals surface area contributed by atoms with Gasteiger partial charge in [-0.05, 0) is 37.8 Å². The SMILES string of the molecule is FC1(F)Oc2ccc(NCCCC3CCCO3)cc2O1. The van der Waals surface area contributed by atoms with Crippen molar-refractivity contribution in [2.45, 2.75) is 38.1 Å². The van der Waals surface area contributed by atoms with E-state index in [0.29, 0.717) is 6.10 Å². The van der Waals surface area contributed by atoms with E-state index in [0.717, 1.165) is 44.5 Å². The van der Waals surface area contributed by atoms with Crippen molar-refractivity contribution in [1.29, 1.82) is 0 Å². The summed E-state index contributed by atoms with van der Waals surface area (Å²) < 4.78 is 40.0. The fourth-order valence-corrected chi connectivity index (χ4v) is 2.49. The number of halogens is 2. The molecule has 110 valence electrons. The normalized spacial score (nSPS) is 23.0. The summed E-state index contributed by atoms with van der Waals surface area (Å²) in [5, 5.41) is 3.19. The maximum Gasteiger partial charge on any atom is 0.586 e. The summed E-state index contributed by atoms with van der Waals surface area (Å²) in [6, 6.07) is 4.72. The molecule has 1 saturated heterocycles. The van der Waals surface area contributed by atoms with Crippen LogP contribution >= 0.6 is 0 Å². The lowest BCUT2D eigenvalue weighted by Gasteiger charge is -2.10. The van der Waals surface area contributed by atoms with Crippen LogP contribution < -0.4 is 14.8 Å². The summed E-state index contributed by atoms with van der Waals surface area (Å²) in [4.78, 5) is 0. The van der Waals surface area contributed by atoms with E-state index in [4.69, 9.17) is 4.74 Å². The van der Waals surface area contributed by atoms with Crippen molar-refractivity contribution < 1.29 is 23.0 Å². The molecule has 0 saturated carbocycles. The molecule has 0 radical (unpaired) electrons. The molecule has 1 fully saturated rings. The molecule has 2 aliphatic heterocycles. The van der Waals surface area contributed by atoms with Crippen molar-refractivity contribution in [3.05, 3.63) is 18.2 Å². The lowest BCUT2D eigenvalue weighted by molar-refractivity contribution is -0.286. The number of ether oxygens (including phenoxy) is 3. The van der Waals surface area contributed by atoms with Crippen LogP contribution in [0.2, 0.25) is 0 Å². The minimum absolute atomic E-state index is 0.0686. The second-order valence-electron chi connectivity index (χ2n) is 5.03. The van der Waals surface area contributed by atoms with Gasteiger partial charge in [-0.3, -0.25) is 0 Å². The van der Waals surface area contributed by atoms with Gasteiger partial charge in [0.1, 0.15) is 0 Å². The smallest absolute Gasteiger partial charge is 0.395 e. The third-order valence-corrected chi connectivity index (χ3v) is 3.46. The van der Waals surface area contributed by atoms with Gasteiger partial charge in [0.05, 0.1) is 6.10 Å². The molecule has 0 aliphatic carbocycles. The predicted molar refractivity (Wildman–Crippen MR) is 69.3 cm³/mol. The van der Waals surface area contributed by atoms with Gasteiger partial charge in [0.2, 0.25) is 0 Å². The van der Waals surface area contributed by atoms with E-state index in [2.05, 4.69) is 14.8 Å². The Morgan fingerprint density at radius 3 is 2.90 bits per heavy atom. The zero-order valence-electron chi connectivity index (χ0n) is 11.0. The van der Waals surface area contributed by atoms with Gasteiger partial charge < -0.3 is 19.5 Å². The van der Waals surface area contributed by atoms with Crippen LogP contribution in [0.15, 0.2) is 18.2 Å². The summed E-state index contributed by atoms with van der Waals surface area (Å²) in [5.74, 6) is 0.138. The molecule has 3 rings (SSSR count). The zero-order chi connectivity index (χ0) is 14.0. The summed E-state index contributed by atoms with van der Waals surface area (Å²) in [6.07, 6.45) is 1.12. The lowest BCUT2D eigenvalue weighted by atomic mass is 10.1. The van der Waals surface area contributed by atoms with Crippen molar-refractivity contribution >= 4 is 5.69 Å². The van der Waals surface area contributed by atoms with Crippen LogP contribution in [-0.4, -0.2) is 25.6 Å². The van der Waals surface area contributed by atoms with E-state index in [-0.39, 0.29) is 11.5 Å². The van der Waals surface area contributed by atoms with Crippen LogP contribution in [0.4, 0.5) is 14.5 Å². The molecule has 1 unspecified atom stereocenters. The largest absolute Gasteiger partial charge is 0.586 e. The Labute approximate surface area is 116 Å². The average molecular weight is 285 g/mol. The third-order valence-electron chi connectivity index (χ3n) is 3.46. The van der Waals surface area contributed by atoms with Crippen LogP contribution in [0.5, 0.6) is 11.5 Å². The Hall–Kier alpha value is -1.56. The fourth-order valence-electron chi connectivity index (χ4n) is 2.49. The van der Waals surface area contributed by atoms with Crippen LogP contribution in [-0.2, 0) is 4.74 Å². The van der Waals surface area contributed by atoms with E-state index < -0.39 is 6.29 Å². The molecule has 1 N–H and O–H groups in total. The second kappa shape index (κ2) is 5.44. The number of benzene rings is 1. The third kappa shape index (κ3) is 3.12. The van der Waals surface area contributed by atoms with E-state index in [1.54, 1.807) is 6.07 Å². The van der Waals surface area contributed by atoms with Crippen LogP contribution in [0.3, 0.4) is 0 Å². The van der Waals surface area contributed by atoms with E-state index in [1.807, 2.05) is 0 Å². The molecular weight excluding hydrogens is 268 g/mol. The topological polar surface area (TPSA) is 39.7 Å². The van der Waals surface area contributed by atoms with Gasteiger partial charge in [-0.1, -0.05) is 0 Å². The number of anilines is 1. The highest BCUT2D eigenvalue weighted by Gasteiger charge is 2.43. The van der Waals surface area contributed by atoms with E-state index in [1.165, 1.54) is 12.1 Å². The molecule has 2 heterocycles.